The Balaban J connectivity index is 1.31. The van der Waals surface area contributed by atoms with Crippen LogP contribution in [0.25, 0.3) is 16.9 Å². The number of ether oxygens (including phenoxy) is 2. The van der Waals surface area contributed by atoms with E-state index in [0.29, 0.717) is 17.0 Å². The van der Waals surface area contributed by atoms with Crippen LogP contribution in [-0.2, 0) is 6.54 Å². The summed E-state index contributed by atoms with van der Waals surface area (Å²) in [4.78, 5) is 16.0. The van der Waals surface area contributed by atoms with Crippen LogP contribution in [0.5, 0.6) is 11.5 Å². The minimum Gasteiger partial charge on any atom is -0.497 e. The van der Waals surface area contributed by atoms with E-state index in [2.05, 4.69) is 22.3 Å². The second-order valence-corrected chi connectivity index (χ2v) is 9.25. The highest BCUT2D eigenvalue weighted by Gasteiger charge is 2.25. The van der Waals surface area contributed by atoms with Gasteiger partial charge in [0.25, 0.3) is 5.91 Å². The molecule has 2 heterocycles. The maximum atomic E-state index is 13.6. The van der Waals surface area contributed by atoms with Gasteiger partial charge < -0.3 is 14.8 Å². The summed E-state index contributed by atoms with van der Waals surface area (Å²) in [6.07, 6.45) is 3.60. The Hall–Kier alpha value is -4.10. The van der Waals surface area contributed by atoms with E-state index in [4.69, 9.17) is 14.6 Å². The van der Waals surface area contributed by atoms with Crippen molar-refractivity contribution >= 4 is 5.91 Å². The smallest absolute Gasteiger partial charge is 0.255 e. The Kier molecular flexibility index (Phi) is 7.51. The Morgan fingerprint density at radius 2 is 1.70 bits per heavy atom. The third kappa shape index (κ3) is 5.67. The summed E-state index contributed by atoms with van der Waals surface area (Å²) in [5.41, 5.74) is 4.06. The molecule has 0 radical (unpaired) electrons. The van der Waals surface area contributed by atoms with Crippen molar-refractivity contribution in [2.75, 3.05) is 27.3 Å². The maximum absolute atomic E-state index is 13.6. The highest BCUT2D eigenvalue weighted by molar-refractivity contribution is 6.00. The third-order valence-corrected chi connectivity index (χ3v) is 6.80. The zero-order valence-electron chi connectivity index (χ0n) is 21.3. The summed E-state index contributed by atoms with van der Waals surface area (Å²) in [5.74, 6) is 1.44. The standard InChI is InChI=1S/C30H32N4O3/c1-36-25-12-8-9-22(19-25)20-33-17-15-23(16-18-33)31-30(35)27-21-34(24-10-4-3-5-11-24)32-29(27)26-13-6-7-14-28(26)37-2/h3-14,19,21,23H,15-18,20H2,1-2H3,(H,31,35). The van der Waals surface area contributed by atoms with Gasteiger partial charge in [-0.05, 0) is 54.8 Å². The number of benzene rings is 3. The van der Waals surface area contributed by atoms with Gasteiger partial charge in [0.1, 0.15) is 17.2 Å². The van der Waals surface area contributed by atoms with Crippen molar-refractivity contribution in [3.8, 4) is 28.4 Å². The van der Waals surface area contributed by atoms with Crippen molar-refractivity contribution in [2.45, 2.75) is 25.4 Å². The molecular weight excluding hydrogens is 464 g/mol. The van der Waals surface area contributed by atoms with E-state index in [-0.39, 0.29) is 11.9 Å². The normalized spacial score (nSPS) is 14.3. The molecule has 0 bridgehead atoms. The highest BCUT2D eigenvalue weighted by atomic mass is 16.5. The SMILES string of the molecule is COc1cccc(CN2CCC(NC(=O)c3cn(-c4ccccc4)nc3-c3ccccc3OC)CC2)c1. The van der Waals surface area contributed by atoms with E-state index < -0.39 is 0 Å². The quantitative estimate of drug-likeness (QED) is 0.374. The fourth-order valence-electron chi connectivity index (χ4n) is 4.82. The number of amides is 1. The number of aromatic nitrogens is 2. The molecule has 3 aromatic carbocycles. The molecule has 5 rings (SSSR count). The number of hydrogen-bond acceptors (Lipinski definition) is 5. The first kappa shape index (κ1) is 24.6. The average Bonchev–Trinajstić information content (AvgIpc) is 3.40. The number of hydrogen-bond donors (Lipinski definition) is 1. The molecule has 1 amide bonds. The van der Waals surface area contributed by atoms with Gasteiger partial charge in [-0.15, -0.1) is 0 Å². The fourth-order valence-corrected chi connectivity index (χ4v) is 4.82. The molecule has 0 saturated carbocycles. The summed E-state index contributed by atoms with van der Waals surface area (Å²) in [5, 5.41) is 8.07. The molecule has 0 atom stereocenters. The van der Waals surface area contributed by atoms with E-state index in [1.54, 1.807) is 18.9 Å². The third-order valence-electron chi connectivity index (χ3n) is 6.80. The zero-order valence-corrected chi connectivity index (χ0v) is 21.3. The molecule has 1 fully saturated rings. The Morgan fingerprint density at radius 3 is 2.46 bits per heavy atom. The lowest BCUT2D eigenvalue weighted by Gasteiger charge is -2.32. The Bertz CT molecular complexity index is 1340. The van der Waals surface area contributed by atoms with Crippen LogP contribution in [-0.4, -0.2) is 53.9 Å². The summed E-state index contributed by atoms with van der Waals surface area (Å²) in [6.45, 7) is 2.72. The molecule has 4 aromatic rings. The van der Waals surface area contributed by atoms with E-state index in [1.165, 1.54) is 5.56 Å². The van der Waals surface area contributed by atoms with Gasteiger partial charge >= 0.3 is 0 Å². The van der Waals surface area contributed by atoms with Crippen molar-refractivity contribution in [1.82, 2.24) is 20.0 Å². The van der Waals surface area contributed by atoms with Crippen molar-refractivity contribution in [2.24, 2.45) is 0 Å². The number of carbonyl (C=O) groups is 1. The van der Waals surface area contributed by atoms with Gasteiger partial charge in [0.2, 0.25) is 0 Å². The molecule has 1 N–H and O–H groups in total. The van der Waals surface area contributed by atoms with Gasteiger partial charge in [-0.3, -0.25) is 9.69 Å². The van der Waals surface area contributed by atoms with E-state index >= 15 is 0 Å². The van der Waals surface area contributed by atoms with Crippen LogP contribution in [0, 0.1) is 0 Å². The summed E-state index contributed by atoms with van der Waals surface area (Å²) in [6, 6.07) is 25.8. The number of nitrogens with one attached hydrogen (secondary N) is 1. The van der Waals surface area contributed by atoms with Crippen molar-refractivity contribution < 1.29 is 14.3 Å². The second kappa shape index (κ2) is 11.3. The topological polar surface area (TPSA) is 68.6 Å². The molecule has 190 valence electrons. The minimum absolute atomic E-state index is 0.111. The largest absolute Gasteiger partial charge is 0.497 e. The maximum Gasteiger partial charge on any atom is 0.255 e. The first-order valence-corrected chi connectivity index (χ1v) is 12.6. The van der Waals surface area contributed by atoms with Crippen LogP contribution in [0.1, 0.15) is 28.8 Å². The minimum atomic E-state index is -0.116. The van der Waals surface area contributed by atoms with Gasteiger partial charge in [-0.2, -0.15) is 5.10 Å². The molecule has 1 aliphatic heterocycles. The predicted molar refractivity (Wildman–Crippen MR) is 144 cm³/mol. The number of carbonyl (C=O) groups excluding carboxylic acids is 1. The Morgan fingerprint density at radius 1 is 0.946 bits per heavy atom. The van der Waals surface area contributed by atoms with Crippen LogP contribution in [0.15, 0.2) is 85.1 Å². The lowest BCUT2D eigenvalue weighted by Crippen LogP contribution is -2.44. The number of likely N-dealkylation sites (tertiary alicyclic amines) is 1. The van der Waals surface area contributed by atoms with E-state index in [1.807, 2.05) is 72.9 Å². The Labute approximate surface area is 217 Å². The molecule has 0 unspecified atom stereocenters. The zero-order chi connectivity index (χ0) is 25.6. The van der Waals surface area contributed by atoms with Crippen LogP contribution >= 0.6 is 0 Å². The van der Waals surface area contributed by atoms with Gasteiger partial charge in [0.15, 0.2) is 0 Å². The molecular formula is C30H32N4O3. The van der Waals surface area contributed by atoms with Gasteiger partial charge in [-0.1, -0.05) is 42.5 Å². The second-order valence-electron chi connectivity index (χ2n) is 9.25. The number of nitrogens with zero attached hydrogens (tertiary/aromatic N) is 3. The lowest BCUT2D eigenvalue weighted by atomic mass is 10.0. The molecule has 37 heavy (non-hydrogen) atoms. The molecule has 0 spiro atoms. The predicted octanol–water partition coefficient (Wildman–Crippen LogP) is 4.95. The number of rotatable bonds is 8. The highest BCUT2D eigenvalue weighted by Crippen LogP contribution is 2.32. The van der Waals surface area contributed by atoms with Crippen LogP contribution in [0.3, 0.4) is 0 Å². The number of para-hydroxylation sites is 2. The van der Waals surface area contributed by atoms with Crippen molar-refractivity contribution in [3.63, 3.8) is 0 Å². The number of methoxy groups -OCH3 is 2. The first-order chi connectivity index (χ1) is 18.1. The van der Waals surface area contributed by atoms with E-state index in [0.717, 1.165) is 49.5 Å². The monoisotopic (exact) mass is 496 g/mol. The van der Waals surface area contributed by atoms with Crippen LogP contribution in [0.2, 0.25) is 0 Å². The van der Waals surface area contributed by atoms with Crippen LogP contribution < -0.4 is 14.8 Å². The molecule has 1 aliphatic rings. The van der Waals surface area contributed by atoms with Gasteiger partial charge in [0, 0.05) is 37.4 Å². The summed E-state index contributed by atoms with van der Waals surface area (Å²) < 4.78 is 12.7. The van der Waals surface area contributed by atoms with E-state index in [9.17, 15) is 4.79 Å². The molecule has 1 saturated heterocycles. The average molecular weight is 497 g/mol. The lowest BCUT2D eigenvalue weighted by molar-refractivity contribution is 0.0909. The molecule has 7 heteroatoms. The van der Waals surface area contributed by atoms with Gasteiger partial charge in [-0.25, -0.2) is 4.68 Å². The van der Waals surface area contributed by atoms with Gasteiger partial charge in [0.05, 0.1) is 25.5 Å². The van der Waals surface area contributed by atoms with Crippen molar-refractivity contribution in [1.29, 1.82) is 0 Å². The summed E-state index contributed by atoms with van der Waals surface area (Å²) in [7, 11) is 3.32. The summed E-state index contributed by atoms with van der Waals surface area (Å²) >= 11 is 0. The molecule has 0 aliphatic carbocycles. The fraction of sp³-hybridized carbons (Fsp3) is 0.267. The molecule has 1 aromatic heterocycles. The molecule has 7 nitrogen and oxygen atoms in total. The van der Waals surface area contributed by atoms with Crippen LogP contribution in [0.4, 0.5) is 0 Å². The first-order valence-electron chi connectivity index (χ1n) is 12.6. The van der Waals surface area contributed by atoms with Crippen molar-refractivity contribution in [3.05, 3.63) is 96.2 Å². The number of piperidine rings is 1.